The monoisotopic (exact) mass is 264 g/mol. The van der Waals surface area contributed by atoms with Crippen molar-refractivity contribution >= 4 is 5.91 Å². The van der Waals surface area contributed by atoms with Crippen molar-refractivity contribution in [2.75, 3.05) is 6.54 Å². The van der Waals surface area contributed by atoms with Gasteiger partial charge in [-0.05, 0) is 40.2 Å². The van der Waals surface area contributed by atoms with Crippen LogP contribution in [0.15, 0.2) is 12.5 Å². The van der Waals surface area contributed by atoms with Gasteiger partial charge >= 0.3 is 0 Å². The minimum Gasteiger partial charge on any atom is -0.351 e. The molecule has 0 aromatic carbocycles. The average Bonchev–Trinajstić information content (AvgIpc) is 2.94. The van der Waals surface area contributed by atoms with Crippen LogP contribution in [0.3, 0.4) is 0 Å². The first-order valence-electron chi connectivity index (χ1n) is 7.00. The van der Waals surface area contributed by atoms with Gasteiger partial charge in [-0.1, -0.05) is 0 Å². The minimum absolute atomic E-state index is 0.0894. The number of rotatable bonds is 4. The number of nitrogens with zero attached hydrogens (tertiary/aromatic N) is 2. The molecule has 0 unspecified atom stereocenters. The quantitative estimate of drug-likeness (QED) is 0.868. The Balaban J connectivity index is 1.89. The Hall–Kier alpha value is -1.36. The van der Waals surface area contributed by atoms with Crippen LogP contribution in [0.25, 0.3) is 0 Å². The highest BCUT2D eigenvalue weighted by atomic mass is 16.1. The molecular formula is C14H24N4O. The number of imidazole rings is 1. The molecule has 0 saturated carbocycles. The average molecular weight is 264 g/mol. The molecule has 2 rings (SSSR count). The Labute approximate surface area is 114 Å². The lowest BCUT2D eigenvalue weighted by molar-refractivity contribution is -0.122. The van der Waals surface area contributed by atoms with Gasteiger partial charge in [-0.15, -0.1) is 0 Å². The summed E-state index contributed by atoms with van der Waals surface area (Å²) in [7, 11) is 0. The third kappa shape index (κ3) is 4.06. The van der Waals surface area contributed by atoms with Gasteiger partial charge < -0.3 is 15.2 Å². The number of aromatic nitrogens is 2. The van der Waals surface area contributed by atoms with Gasteiger partial charge in [-0.3, -0.25) is 4.79 Å². The molecule has 1 aromatic heterocycles. The summed E-state index contributed by atoms with van der Waals surface area (Å²) in [5, 5.41) is 6.45. The van der Waals surface area contributed by atoms with Crippen LogP contribution in [0.4, 0.5) is 0 Å². The zero-order valence-electron chi connectivity index (χ0n) is 12.1. The van der Waals surface area contributed by atoms with Crippen LogP contribution >= 0.6 is 0 Å². The van der Waals surface area contributed by atoms with E-state index in [4.69, 9.17) is 0 Å². The minimum atomic E-state index is -0.165. The molecule has 1 aliphatic heterocycles. The van der Waals surface area contributed by atoms with Crippen LogP contribution in [0.2, 0.25) is 0 Å². The maximum Gasteiger partial charge on any atom is 0.222 e. The lowest BCUT2D eigenvalue weighted by Gasteiger charge is -2.21. The molecule has 1 fully saturated rings. The van der Waals surface area contributed by atoms with Gasteiger partial charge in [0, 0.05) is 30.7 Å². The Kier molecular flexibility index (Phi) is 4.24. The third-order valence-electron chi connectivity index (χ3n) is 3.26. The van der Waals surface area contributed by atoms with E-state index in [9.17, 15) is 4.79 Å². The molecule has 1 saturated heterocycles. The van der Waals surface area contributed by atoms with Crippen LogP contribution in [0.5, 0.6) is 0 Å². The van der Waals surface area contributed by atoms with Crippen molar-refractivity contribution in [3.63, 3.8) is 0 Å². The number of carbonyl (C=O) groups excluding carboxylic acids is 1. The Morgan fingerprint density at radius 2 is 2.37 bits per heavy atom. The van der Waals surface area contributed by atoms with Crippen molar-refractivity contribution in [3.8, 4) is 0 Å². The molecule has 0 bridgehead atoms. The summed E-state index contributed by atoms with van der Waals surface area (Å²) in [5.41, 5.74) is 1.03. The van der Waals surface area contributed by atoms with E-state index in [-0.39, 0.29) is 11.4 Å². The normalized spacial score (nSPS) is 19.6. The van der Waals surface area contributed by atoms with Gasteiger partial charge in [0.1, 0.15) is 0 Å². The van der Waals surface area contributed by atoms with E-state index >= 15 is 0 Å². The molecule has 106 valence electrons. The maximum atomic E-state index is 11.8. The zero-order chi connectivity index (χ0) is 13.9. The molecule has 0 aliphatic carbocycles. The standard InChI is InChI=1S/C14H24N4O/c1-14(2,3)17-13(19)6-8-18-10-15-9-12(18)11-5-4-7-16-11/h9-11,16H,4-8H2,1-3H3,(H,17,19)/t11-/m0/s1. The summed E-state index contributed by atoms with van der Waals surface area (Å²) in [6.07, 6.45) is 6.58. The largest absolute Gasteiger partial charge is 0.351 e. The molecule has 0 spiro atoms. The fourth-order valence-electron chi connectivity index (χ4n) is 2.45. The van der Waals surface area contributed by atoms with Gasteiger partial charge in [0.25, 0.3) is 0 Å². The van der Waals surface area contributed by atoms with Crippen LogP contribution < -0.4 is 10.6 Å². The van der Waals surface area contributed by atoms with E-state index < -0.39 is 0 Å². The molecule has 1 aromatic rings. The Bertz CT molecular complexity index is 427. The van der Waals surface area contributed by atoms with Crippen LogP contribution in [0, 0.1) is 0 Å². The van der Waals surface area contributed by atoms with Crippen molar-refractivity contribution < 1.29 is 4.79 Å². The Morgan fingerprint density at radius 3 is 3.00 bits per heavy atom. The van der Waals surface area contributed by atoms with Gasteiger partial charge in [0.15, 0.2) is 0 Å². The molecule has 19 heavy (non-hydrogen) atoms. The van der Waals surface area contributed by atoms with E-state index in [1.54, 1.807) is 0 Å². The number of hydrogen-bond donors (Lipinski definition) is 2. The molecule has 2 heterocycles. The summed E-state index contributed by atoms with van der Waals surface area (Å²) >= 11 is 0. The summed E-state index contributed by atoms with van der Waals surface area (Å²) in [4.78, 5) is 16.0. The van der Waals surface area contributed by atoms with Crippen molar-refractivity contribution in [2.24, 2.45) is 0 Å². The molecule has 1 amide bonds. The maximum absolute atomic E-state index is 11.8. The van der Waals surface area contributed by atoms with E-state index in [2.05, 4.69) is 20.2 Å². The van der Waals surface area contributed by atoms with Gasteiger partial charge in [-0.2, -0.15) is 0 Å². The highest BCUT2D eigenvalue weighted by Gasteiger charge is 2.20. The second-order valence-corrected chi connectivity index (χ2v) is 6.21. The summed E-state index contributed by atoms with van der Waals surface area (Å²) in [5.74, 6) is 0.0894. The fraction of sp³-hybridized carbons (Fsp3) is 0.714. The zero-order valence-corrected chi connectivity index (χ0v) is 12.1. The second kappa shape index (κ2) is 5.74. The Morgan fingerprint density at radius 1 is 1.58 bits per heavy atom. The summed E-state index contributed by atoms with van der Waals surface area (Å²) in [6, 6.07) is 0.396. The van der Waals surface area contributed by atoms with E-state index in [1.165, 1.54) is 12.1 Å². The highest BCUT2D eigenvalue weighted by Crippen LogP contribution is 2.22. The summed E-state index contributed by atoms with van der Waals surface area (Å²) < 4.78 is 2.09. The van der Waals surface area contributed by atoms with Crippen molar-refractivity contribution in [3.05, 3.63) is 18.2 Å². The first kappa shape index (κ1) is 14.1. The number of amides is 1. The SMILES string of the molecule is CC(C)(C)NC(=O)CCn1cncc1[C@@H]1CCCN1. The predicted octanol–water partition coefficient (Wildman–Crippen LogP) is 1.61. The van der Waals surface area contributed by atoms with E-state index in [0.717, 1.165) is 13.0 Å². The van der Waals surface area contributed by atoms with Crippen molar-refractivity contribution in [1.82, 2.24) is 20.2 Å². The fourth-order valence-corrected chi connectivity index (χ4v) is 2.45. The number of aryl methyl sites for hydroxylation is 1. The van der Waals surface area contributed by atoms with Crippen molar-refractivity contribution in [2.45, 2.75) is 58.2 Å². The molecule has 5 nitrogen and oxygen atoms in total. The van der Waals surface area contributed by atoms with E-state index in [0.29, 0.717) is 19.0 Å². The van der Waals surface area contributed by atoms with Gasteiger partial charge in [-0.25, -0.2) is 4.98 Å². The van der Waals surface area contributed by atoms with Gasteiger partial charge in [0.2, 0.25) is 5.91 Å². The van der Waals surface area contributed by atoms with Crippen LogP contribution in [0.1, 0.15) is 51.8 Å². The predicted molar refractivity (Wildman–Crippen MR) is 74.7 cm³/mol. The van der Waals surface area contributed by atoms with Crippen molar-refractivity contribution in [1.29, 1.82) is 0 Å². The molecule has 1 atom stereocenters. The first-order chi connectivity index (χ1) is 8.96. The highest BCUT2D eigenvalue weighted by molar-refractivity contribution is 5.76. The number of carbonyl (C=O) groups is 1. The number of nitrogens with one attached hydrogen (secondary N) is 2. The van der Waals surface area contributed by atoms with Gasteiger partial charge in [0.05, 0.1) is 12.0 Å². The van der Waals surface area contributed by atoms with E-state index in [1.807, 2.05) is 33.3 Å². The molecule has 2 N–H and O–H groups in total. The molecular weight excluding hydrogens is 240 g/mol. The first-order valence-corrected chi connectivity index (χ1v) is 7.00. The topological polar surface area (TPSA) is 59.0 Å². The third-order valence-corrected chi connectivity index (χ3v) is 3.26. The molecule has 5 heteroatoms. The molecule has 0 radical (unpaired) electrons. The molecule has 1 aliphatic rings. The van der Waals surface area contributed by atoms with Crippen LogP contribution in [-0.2, 0) is 11.3 Å². The summed E-state index contributed by atoms with van der Waals surface area (Å²) in [6.45, 7) is 7.75. The second-order valence-electron chi connectivity index (χ2n) is 6.21. The lowest BCUT2D eigenvalue weighted by Crippen LogP contribution is -2.40. The number of hydrogen-bond acceptors (Lipinski definition) is 3. The lowest BCUT2D eigenvalue weighted by atomic mass is 10.1. The smallest absolute Gasteiger partial charge is 0.222 e. The van der Waals surface area contributed by atoms with Crippen LogP contribution in [-0.4, -0.2) is 27.5 Å².